The summed E-state index contributed by atoms with van der Waals surface area (Å²) in [6, 6.07) is 62.0. The number of carbonyl (C=O) groups excluding carboxylic acids is 5. The first kappa shape index (κ1) is 93.2. The Hall–Kier alpha value is -11.1. The van der Waals surface area contributed by atoms with Crippen LogP contribution in [0.25, 0.3) is 10.8 Å². The van der Waals surface area contributed by atoms with Gasteiger partial charge in [-0.3, -0.25) is 48.7 Å². The number of fused-ring (bicyclic) bond motifs is 3. The van der Waals surface area contributed by atoms with Gasteiger partial charge in [-0.25, -0.2) is 9.59 Å². The standard InChI is InChI=1S/C20H23NO4.C17H20N2S.C15H15NO2S.C14H23NO.C14H14O3.C11H16N2O3.C6H5NO2/c22-13-4-3-12-9-15-20(24)6-5-14(23)18-19(20,16(12)17(13)25-18)7-8-21(15)10-11-1-2-11;1-13(18(2)3)12-19-14-8-4-6-10-16(14)20-17-11-7-5-9-15(17)19;16-14(17)11-19(18)15(12-7-3-1-4-8-12)13-9-5-2-6-10-13;1-5-14(11(2)10-15(3)4)12-7-6-8-13(16)9-12;1-9(14(15)16)10-3-4-12-8-13(17-2)6-5-11(12)7-10;1-4-5-11(6-7(2)3)8(14)12-10(16)13-9(11)15;8-6(9)5-2-1-3-7-4-5/h3-4,11,15,18,22,24H,1-2,5-10H2;4-11,13H,12H2,1-3H3;1-10,15H,11H2,(H2,16,17);6-9,11,14,16H,5,10H2,1-4H3;3-9H,1-2H3,(H,15,16);4,7H,1,5-6H2,2-3H3,(H2,12,13,14,15,16);1-4H,(H,8,9)/t15-,18+,19+,20-;;;11-,14+;9-;;/m1..00../s1. The summed E-state index contributed by atoms with van der Waals surface area (Å²) in [5.74, 6) is -0.124. The van der Waals surface area contributed by atoms with Crippen molar-refractivity contribution in [3.8, 4) is 23.0 Å². The van der Waals surface area contributed by atoms with E-state index in [0.717, 1.165) is 95.7 Å². The molecule has 7 aliphatic rings. The molecule has 1 aromatic heterocycles. The number of aliphatic hydroxyl groups is 1. The molecular formula is C97H116N8O15S2. The summed E-state index contributed by atoms with van der Waals surface area (Å²) in [7, 11) is 8.75. The lowest BCUT2D eigenvalue weighted by molar-refractivity contribution is -0.188. The van der Waals surface area contributed by atoms with Crippen molar-refractivity contribution in [2.45, 2.75) is 155 Å². The molecule has 5 heterocycles. The maximum atomic E-state index is 12.7. The van der Waals surface area contributed by atoms with Crippen LogP contribution < -0.4 is 30.7 Å². The fourth-order valence-electron chi connectivity index (χ4n) is 17.3. The summed E-state index contributed by atoms with van der Waals surface area (Å²) < 4.78 is 23.5. The van der Waals surface area contributed by atoms with Gasteiger partial charge in [-0.15, -0.1) is 6.58 Å². The van der Waals surface area contributed by atoms with Crippen LogP contribution in [0.15, 0.2) is 229 Å². The average molecular weight is 1700 g/mol. The smallest absolute Gasteiger partial charge is 0.337 e. The number of benzene rings is 8. The quantitative estimate of drug-likeness (QED) is 0.0218. The van der Waals surface area contributed by atoms with E-state index in [4.69, 9.17) is 25.4 Å². The largest absolute Gasteiger partial charge is 0.508 e. The molecule has 122 heavy (non-hydrogen) atoms. The normalized spacial score (nSPS) is 19.7. The van der Waals surface area contributed by atoms with Crippen molar-refractivity contribution in [1.29, 1.82) is 0 Å². The van der Waals surface area contributed by atoms with Crippen molar-refractivity contribution in [1.82, 2.24) is 30.3 Å². The third kappa shape index (κ3) is 22.2. The Morgan fingerprint density at radius 3 is 1.89 bits per heavy atom. The molecule has 16 rings (SSSR count). The molecule has 9 aromatic rings. The third-order valence-corrected chi connectivity index (χ3v) is 26.4. The maximum Gasteiger partial charge on any atom is 0.337 e. The monoisotopic (exact) mass is 1700 g/mol. The topological polar surface area (TPSA) is 332 Å². The molecule has 5 amide bonds. The van der Waals surface area contributed by atoms with Crippen LogP contribution in [0.5, 0.6) is 23.0 Å². The molecule has 2 unspecified atom stereocenters. The van der Waals surface area contributed by atoms with Gasteiger partial charge >= 0.3 is 18.0 Å². The van der Waals surface area contributed by atoms with E-state index in [0.29, 0.717) is 48.6 Å². The van der Waals surface area contributed by atoms with Crippen molar-refractivity contribution in [3.05, 3.63) is 258 Å². The van der Waals surface area contributed by atoms with Crippen LogP contribution in [0, 0.1) is 23.2 Å². The second-order valence-corrected chi connectivity index (χ2v) is 35.8. The number of rotatable bonds is 23. The zero-order valence-corrected chi connectivity index (χ0v) is 73.1. The van der Waals surface area contributed by atoms with E-state index in [9.17, 15) is 53.1 Å². The second-order valence-electron chi connectivity index (χ2n) is 33.2. The highest BCUT2D eigenvalue weighted by Crippen LogP contribution is 2.65. The fraction of sp³-hybridized carbons (Fsp3) is 0.381. The predicted octanol–water partition coefficient (Wildman–Crippen LogP) is 15.6. The van der Waals surface area contributed by atoms with Crippen LogP contribution in [0.2, 0.25) is 0 Å². The molecular weight excluding hydrogens is 1580 g/mol. The highest BCUT2D eigenvalue weighted by molar-refractivity contribution is 7.99. The number of imide groups is 2. The molecule has 2 saturated heterocycles. The summed E-state index contributed by atoms with van der Waals surface area (Å²) in [6.07, 6.45) is 10.4. The molecule has 9 N–H and O–H groups in total. The van der Waals surface area contributed by atoms with Crippen LogP contribution in [-0.2, 0) is 46.6 Å². The van der Waals surface area contributed by atoms with Crippen molar-refractivity contribution in [2.75, 3.05) is 72.1 Å². The van der Waals surface area contributed by atoms with E-state index in [-0.39, 0.29) is 46.5 Å². The number of phenolic OH excluding ortho intramolecular Hbond substituents is 2. The molecule has 4 fully saturated rings. The number of hydrogen-bond acceptors (Lipinski definition) is 19. The first-order chi connectivity index (χ1) is 58.3. The number of piperidine rings is 1. The lowest BCUT2D eigenvalue weighted by atomic mass is 9.49. The molecule has 2 saturated carbocycles. The van der Waals surface area contributed by atoms with Gasteiger partial charge in [0.05, 0.1) is 46.2 Å². The number of para-hydroxylation sites is 2. The first-order valence-electron chi connectivity index (χ1n) is 41.5. The number of aliphatic carboxylic acids is 1. The molecule has 2 bridgehead atoms. The number of hydrogen-bond donors (Lipinski definition) is 8. The maximum absolute atomic E-state index is 12.7. The number of barbiturate groups is 1. The number of likely N-dealkylation sites (tertiary alicyclic amines) is 1. The molecule has 3 aliphatic carbocycles. The Morgan fingerprint density at radius 2 is 1.35 bits per heavy atom. The number of aromatic nitrogens is 1. The summed E-state index contributed by atoms with van der Waals surface area (Å²) in [5.41, 5.74) is 11.2. The Labute approximate surface area is 722 Å². The number of nitrogens with zero attached hydrogens (tertiary/aromatic N) is 5. The highest BCUT2D eigenvalue weighted by atomic mass is 32.2. The molecule has 9 atom stereocenters. The number of allylic oxidation sites excluding steroid dienone is 1. The van der Waals surface area contributed by atoms with Gasteiger partial charge in [-0.1, -0.05) is 173 Å². The number of primary amides is 1. The Kier molecular flexibility index (Phi) is 32.2. The highest BCUT2D eigenvalue weighted by Gasteiger charge is 2.73. The van der Waals surface area contributed by atoms with Gasteiger partial charge in [0.25, 0.3) is 0 Å². The van der Waals surface area contributed by atoms with Gasteiger partial charge < -0.3 is 55.4 Å². The van der Waals surface area contributed by atoms with Crippen LogP contribution in [0.4, 0.5) is 16.2 Å². The number of methoxy groups -OCH3 is 1. The summed E-state index contributed by atoms with van der Waals surface area (Å²) >= 11 is 1.87. The molecule has 25 heteroatoms. The predicted molar refractivity (Wildman–Crippen MR) is 479 cm³/mol. The van der Waals surface area contributed by atoms with E-state index in [1.165, 1.54) is 64.1 Å². The van der Waals surface area contributed by atoms with Gasteiger partial charge in [-0.05, 0) is 229 Å². The minimum atomic E-state index is -1.36. The zero-order valence-electron chi connectivity index (χ0n) is 71.5. The molecule has 23 nitrogen and oxygen atoms in total. The number of pyridine rings is 1. The first-order valence-corrected chi connectivity index (χ1v) is 43.7. The number of nitrogens with two attached hydrogens (primary N) is 1. The van der Waals surface area contributed by atoms with E-state index < -0.39 is 74.9 Å². The summed E-state index contributed by atoms with van der Waals surface area (Å²) in [5, 5.41) is 55.1. The SMILES string of the molecule is C=CCC1(CC(C)C)C(=O)NC(=O)NC1=O.CC(CN1c2ccccc2Sc2ccccc21)N(C)C.CC[C@@H](c1cccc(O)c1)[C@@H](C)CN(C)C.COc1ccc2cc([C@H](C)C(=O)O)ccc2c1.NC(=O)CS(=O)C(c1ccccc1)c1ccccc1.O=C(O)c1cccnc1.O=C1CC[C@@]2(O)[C@H]3Cc4ccc(O)c5c4[C@@]2(CCN3CC2CC2)[C@H]1O5. The number of carboxylic acids is 2. The summed E-state index contributed by atoms with van der Waals surface area (Å²) in [6.45, 7) is 19.9. The van der Waals surface area contributed by atoms with Crippen molar-refractivity contribution in [3.63, 3.8) is 0 Å². The van der Waals surface area contributed by atoms with Gasteiger partial charge in [0.2, 0.25) is 17.7 Å². The van der Waals surface area contributed by atoms with E-state index in [1.54, 1.807) is 32.2 Å². The number of nitrogens with one attached hydrogen (secondary N) is 2. The van der Waals surface area contributed by atoms with Crippen LogP contribution in [-0.4, -0.2) is 182 Å². The number of Topliss-reactive ketones (excluding diaryl/α,β-unsaturated/α-hetero) is 1. The van der Waals surface area contributed by atoms with Gasteiger partial charge in [0.15, 0.2) is 23.4 Å². The number of carbonyl (C=O) groups is 7. The number of ether oxygens (including phenoxy) is 2. The number of urea groups is 1. The Balaban J connectivity index is 0.000000151. The number of amides is 5. The fourth-order valence-corrected chi connectivity index (χ4v) is 19.8. The minimum Gasteiger partial charge on any atom is -0.508 e. The number of ketones is 1. The number of aromatic hydroxyl groups is 2. The Bertz CT molecular complexity index is 5070. The van der Waals surface area contributed by atoms with Crippen molar-refractivity contribution in [2.24, 2.45) is 28.9 Å². The number of phenols is 2. The lowest BCUT2D eigenvalue weighted by Crippen LogP contribution is -2.76. The molecule has 8 aromatic carbocycles. The minimum absolute atomic E-state index is 0.0454. The number of anilines is 2. The van der Waals surface area contributed by atoms with E-state index in [2.05, 4.69) is 145 Å². The zero-order chi connectivity index (χ0) is 88.3. The van der Waals surface area contributed by atoms with Gasteiger partial charge in [0, 0.05) is 76.7 Å². The molecule has 4 aliphatic heterocycles. The van der Waals surface area contributed by atoms with Gasteiger partial charge in [0.1, 0.15) is 22.7 Å². The average Bonchev–Trinajstić information content (AvgIpc) is 1.46. The van der Waals surface area contributed by atoms with E-state index in [1.807, 2.05) is 141 Å². The number of carboxylic acid groups (broad SMARTS) is 2. The van der Waals surface area contributed by atoms with Crippen molar-refractivity contribution >= 4 is 86.2 Å². The summed E-state index contributed by atoms with van der Waals surface area (Å²) in [4.78, 5) is 95.1. The van der Waals surface area contributed by atoms with E-state index >= 15 is 0 Å². The van der Waals surface area contributed by atoms with Crippen molar-refractivity contribution < 1.29 is 72.8 Å². The number of aromatic carboxylic acids is 1. The van der Waals surface area contributed by atoms with Crippen LogP contribution in [0.3, 0.4) is 0 Å². The second kappa shape index (κ2) is 42.2. The third-order valence-electron chi connectivity index (χ3n) is 23.7. The molecule has 0 radical (unpaired) electrons. The Morgan fingerprint density at radius 1 is 0.746 bits per heavy atom. The van der Waals surface area contributed by atoms with Crippen LogP contribution in [0.1, 0.15) is 154 Å². The van der Waals surface area contributed by atoms with Crippen LogP contribution >= 0.6 is 11.8 Å². The molecule has 646 valence electrons. The van der Waals surface area contributed by atoms with Gasteiger partial charge in [-0.2, -0.15) is 0 Å². The lowest BCUT2D eigenvalue weighted by Gasteiger charge is -2.62. The number of likely N-dealkylation sites (N-methyl/N-ethyl adjacent to an activating group) is 1. The molecule has 1 spiro atoms.